The van der Waals surface area contributed by atoms with Crippen molar-refractivity contribution >= 4 is 44.2 Å². The van der Waals surface area contributed by atoms with Crippen molar-refractivity contribution in [3.63, 3.8) is 0 Å². The van der Waals surface area contributed by atoms with E-state index in [-0.39, 0.29) is 5.91 Å². The van der Waals surface area contributed by atoms with Gasteiger partial charge in [-0.3, -0.25) is 9.69 Å². The molecule has 0 atom stereocenters. The van der Waals surface area contributed by atoms with E-state index in [1.54, 1.807) is 0 Å². The number of thiazole rings is 1. The number of rotatable bonds is 5. The monoisotopic (exact) mass is 367 g/mol. The first-order valence-electron chi connectivity index (χ1n) is 8.13. The summed E-state index contributed by atoms with van der Waals surface area (Å²) in [5.74, 6) is 0.101. The van der Waals surface area contributed by atoms with Gasteiger partial charge in [0, 0.05) is 17.0 Å². The third-order valence-corrected chi connectivity index (χ3v) is 4.99. The smallest absolute Gasteiger partial charge is 0.234 e. The van der Waals surface area contributed by atoms with Gasteiger partial charge in [-0.25, -0.2) is 4.98 Å². The average molecular weight is 368 g/mol. The molecule has 0 N–H and O–H groups in total. The predicted molar refractivity (Wildman–Crippen MR) is 104 cm³/mol. The molecule has 0 fully saturated rings. The summed E-state index contributed by atoms with van der Waals surface area (Å²) < 4.78 is 1.02. The molecule has 4 nitrogen and oxygen atoms in total. The fourth-order valence-electron chi connectivity index (χ4n) is 2.49. The zero-order valence-corrected chi connectivity index (χ0v) is 16.9. The predicted octanol–water partition coefficient (Wildman–Crippen LogP) is 4.59. The summed E-state index contributed by atoms with van der Waals surface area (Å²) in [6.45, 7) is 9.45. The van der Waals surface area contributed by atoms with Gasteiger partial charge in [0.15, 0.2) is 5.13 Å². The molecule has 132 valence electrons. The molecule has 0 saturated carbocycles. The number of hydrogen-bond donors (Lipinski definition) is 0. The Morgan fingerprint density at radius 2 is 1.92 bits per heavy atom. The van der Waals surface area contributed by atoms with Gasteiger partial charge in [0.05, 0.1) is 10.2 Å². The van der Waals surface area contributed by atoms with Crippen LogP contribution in [0.15, 0.2) is 12.1 Å². The van der Waals surface area contributed by atoms with E-state index in [0.717, 1.165) is 33.9 Å². The summed E-state index contributed by atoms with van der Waals surface area (Å²) in [6, 6.07) is 3.83. The molecule has 24 heavy (non-hydrogen) atoms. The van der Waals surface area contributed by atoms with Crippen molar-refractivity contribution in [1.82, 2.24) is 9.88 Å². The van der Waals surface area contributed by atoms with Gasteiger partial charge in [0.2, 0.25) is 5.91 Å². The largest absolute Gasteiger partial charge is 0.309 e. The number of hydrogen-bond acceptors (Lipinski definition) is 4. The van der Waals surface area contributed by atoms with Crippen LogP contribution in [0.2, 0.25) is 5.02 Å². The Morgan fingerprint density at radius 3 is 2.50 bits per heavy atom. The summed E-state index contributed by atoms with van der Waals surface area (Å²) in [5, 5.41) is 1.46. The minimum absolute atomic E-state index is 0.101. The van der Waals surface area contributed by atoms with E-state index in [2.05, 4.69) is 4.90 Å². The molecule has 0 aliphatic rings. The van der Waals surface area contributed by atoms with Gasteiger partial charge < -0.3 is 4.90 Å². The highest BCUT2D eigenvalue weighted by Crippen LogP contribution is 2.34. The zero-order valence-electron chi connectivity index (χ0n) is 15.3. The third-order valence-electron chi connectivity index (χ3n) is 3.74. The molecule has 0 radical (unpaired) electrons. The number of halogens is 1. The van der Waals surface area contributed by atoms with Crippen molar-refractivity contribution in [1.29, 1.82) is 0 Å². The maximum Gasteiger partial charge on any atom is 0.234 e. The Balaban J connectivity index is 2.38. The van der Waals surface area contributed by atoms with E-state index in [1.165, 1.54) is 11.3 Å². The van der Waals surface area contributed by atoms with E-state index in [0.29, 0.717) is 11.6 Å². The van der Waals surface area contributed by atoms with Crippen molar-refractivity contribution in [2.75, 3.05) is 32.1 Å². The van der Waals surface area contributed by atoms with Crippen LogP contribution < -0.4 is 4.90 Å². The van der Waals surface area contributed by atoms with Crippen molar-refractivity contribution in [2.45, 2.75) is 34.1 Å². The molecule has 1 aromatic carbocycles. The number of anilines is 1. The summed E-state index contributed by atoms with van der Waals surface area (Å²) in [6.07, 6.45) is 0.907. The normalized spacial score (nSPS) is 12.2. The molecule has 1 heterocycles. The van der Waals surface area contributed by atoms with Crippen LogP contribution in [0.25, 0.3) is 10.2 Å². The number of carbonyl (C=O) groups excluding carboxylic acids is 1. The maximum absolute atomic E-state index is 12.9. The number of aromatic nitrogens is 1. The van der Waals surface area contributed by atoms with Gasteiger partial charge in [-0.2, -0.15) is 0 Å². The van der Waals surface area contributed by atoms with Gasteiger partial charge in [0.1, 0.15) is 0 Å². The molecule has 2 rings (SSSR count). The summed E-state index contributed by atoms with van der Waals surface area (Å²) in [7, 11) is 4.08. The lowest BCUT2D eigenvalue weighted by Crippen LogP contribution is -2.40. The Morgan fingerprint density at radius 1 is 1.25 bits per heavy atom. The minimum atomic E-state index is -0.442. The number of nitrogens with zero attached hydrogens (tertiary/aromatic N) is 3. The first-order chi connectivity index (χ1) is 11.1. The van der Waals surface area contributed by atoms with Crippen LogP contribution in [-0.2, 0) is 4.79 Å². The molecule has 0 spiro atoms. The molecule has 0 aliphatic heterocycles. The lowest BCUT2D eigenvalue weighted by Gasteiger charge is -2.28. The van der Waals surface area contributed by atoms with E-state index in [1.807, 2.05) is 58.8 Å². The average Bonchev–Trinajstić information content (AvgIpc) is 2.85. The van der Waals surface area contributed by atoms with Crippen LogP contribution in [-0.4, -0.2) is 43.0 Å². The van der Waals surface area contributed by atoms with Gasteiger partial charge >= 0.3 is 0 Å². The minimum Gasteiger partial charge on any atom is -0.309 e. The topological polar surface area (TPSA) is 36.4 Å². The molecule has 6 heteroatoms. The molecular formula is C18H26ClN3OS. The van der Waals surface area contributed by atoms with Crippen LogP contribution in [0.1, 0.15) is 32.8 Å². The van der Waals surface area contributed by atoms with E-state index >= 15 is 0 Å². The van der Waals surface area contributed by atoms with Gasteiger partial charge in [-0.1, -0.05) is 43.7 Å². The molecular weight excluding hydrogens is 342 g/mol. The van der Waals surface area contributed by atoms with Crippen molar-refractivity contribution in [3.8, 4) is 0 Å². The standard InChI is InChI=1S/C18H26ClN3OS/c1-12-10-13(19)11-14-15(12)20-17(24-14)22(9-7-8-21(5)6)16(23)18(2,3)4/h10-11H,7-9H2,1-6H3. The Kier molecular flexibility index (Phi) is 5.89. The third kappa shape index (κ3) is 4.47. The van der Waals surface area contributed by atoms with Crippen molar-refractivity contribution < 1.29 is 4.79 Å². The first kappa shape index (κ1) is 19.2. The SMILES string of the molecule is Cc1cc(Cl)cc2sc(N(CCCN(C)C)C(=O)C(C)(C)C)nc12. The second kappa shape index (κ2) is 7.38. The van der Waals surface area contributed by atoms with E-state index in [4.69, 9.17) is 16.6 Å². The highest BCUT2D eigenvalue weighted by Gasteiger charge is 2.30. The number of amides is 1. The van der Waals surface area contributed by atoms with Crippen molar-refractivity contribution in [2.24, 2.45) is 5.41 Å². The molecule has 2 aromatic rings. The molecule has 0 aliphatic carbocycles. The number of fused-ring (bicyclic) bond motifs is 1. The first-order valence-corrected chi connectivity index (χ1v) is 9.32. The number of aryl methyl sites for hydroxylation is 1. The van der Waals surface area contributed by atoms with Gasteiger partial charge in [0.25, 0.3) is 0 Å². The number of benzene rings is 1. The van der Waals surface area contributed by atoms with E-state index < -0.39 is 5.41 Å². The molecule has 0 saturated heterocycles. The second-order valence-corrected chi connectivity index (χ2v) is 8.88. The Hall–Kier alpha value is -1.17. The van der Waals surface area contributed by atoms with Crippen LogP contribution in [0.4, 0.5) is 5.13 Å². The Bertz CT molecular complexity index is 734. The van der Waals surface area contributed by atoms with Crippen LogP contribution in [0, 0.1) is 12.3 Å². The summed E-state index contributed by atoms with van der Waals surface area (Å²) in [5.41, 5.74) is 1.53. The fraction of sp³-hybridized carbons (Fsp3) is 0.556. The summed E-state index contributed by atoms with van der Waals surface area (Å²) >= 11 is 7.69. The second-order valence-electron chi connectivity index (χ2n) is 7.43. The fourth-order valence-corrected chi connectivity index (χ4v) is 3.94. The van der Waals surface area contributed by atoms with Gasteiger partial charge in [-0.15, -0.1) is 0 Å². The number of carbonyl (C=O) groups is 1. The highest BCUT2D eigenvalue weighted by atomic mass is 35.5. The molecule has 1 aromatic heterocycles. The van der Waals surface area contributed by atoms with E-state index in [9.17, 15) is 4.79 Å². The van der Waals surface area contributed by atoms with Crippen molar-refractivity contribution in [3.05, 3.63) is 22.7 Å². The maximum atomic E-state index is 12.9. The quantitative estimate of drug-likeness (QED) is 0.775. The van der Waals surface area contributed by atoms with Crippen LogP contribution in [0.3, 0.4) is 0 Å². The summed E-state index contributed by atoms with van der Waals surface area (Å²) in [4.78, 5) is 21.6. The van der Waals surface area contributed by atoms with Gasteiger partial charge in [-0.05, 0) is 51.7 Å². The lowest BCUT2D eigenvalue weighted by atomic mass is 9.95. The van der Waals surface area contributed by atoms with Crippen LogP contribution in [0.5, 0.6) is 0 Å². The highest BCUT2D eigenvalue weighted by molar-refractivity contribution is 7.22. The molecule has 0 bridgehead atoms. The van der Waals surface area contributed by atoms with Crippen LogP contribution >= 0.6 is 22.9 Å². The molecule has 0 unspecified atom stereocenters. The Labute approximate surface area is 153 Å². The molecule has 1 amide bonds. The zero-order chi connectivity index (χ0) is 18.1. The lowest BCUT2D eigenvalue weighted by molar-refractivity contribution is -0.125.